The molecular weight excluding hydrogens is 200 g/mol. The van der Waals surface area contributed by atoms with E-state index in [2.05, 4.69) is 0 Å². The lowest BCUT2D eigenvalue weighted by Gasteiger charge is -2.07. The Morgan fingerprint density at radius 3 is 1.69 bits per heavy atom. The van der Waals surface area contributed by atoms with Crippen molar-refractivity contribution < 1.29 is 9.90 Å². The lowest BCUT2D eigenvalue weighted by atomic mass is 10.1. The van der Waals surface area contributed by atoms with Crippen molar-refractivity contribution in [2.75, 3.05) is 0 Å². The summed E-state index contributed by atoms with van der Waals surface area (Å²) in [7, 11) is 0. The van der Waals surface area contributed by atoms with Crippen LogP contribution in [0.5, 0.6) is 0 Å². The summed E-state index contributed by atoms with van der Waals surface area (Å²) in [5.74, 6) is 0.685. The second-order valence-corrected chi connectivity index (χ2v) is 4.32. The zero-order valence-electron chi connectivity index (χ0n) is 11.4. The highest BCUT2D eigenvalue weighted by Crippen LogP contribution is 2.00. The minimum atomic E-state index is -0.264. The number of carbonyl (C=O) groups excluding carboxylic acids is 1. The Hall–Kier alpha value is -0.890. The molecule has 0 aromatic heterocycles. The molecule has 0 aromatic carbocycles. The molecule has 0 spiro atoms. The largest absolute Gasteiger partial charge is 0.389 e. The summed E-state index contributed by atoms with van der Waals surface area (Å²) >= 11 is 0. The quantitative estimate of drug-likeness (QED) is 0.589. The van der Waals surface area contributed by atoms with Gasteiger partial charge in [0.1, 0.15) is 0 Å². The van der Waals surface area contributed by atoms with E-state index in [1.54, 1.807) is 18.2 Å². The minimum absolute atomic E-state index is 0.145. The van der Waals surface area contributed by atoms with Gasteiger partial charge in [0.15, 0.2) is 5.78 Å². The summed E-state index contributed by atoms with van der Waals surface area (Å²) in [5, 5.41) is 9.04. The summed E-state index contributed by atoms with van der Waals surface area (Å²) in [6.07, 6.45) is 6.77. The van der Waals surface area contributed by atoms with Crippen molar-refractivity contribution in [3.8, 4) is 0 Å². The maximum Gasteiger partial charge on any atom is 0.157 e. The van der Waals surface area contributed by atoms with Crippen LogP contribution in [0.3, 0.4) is 0 Å². The fourth-order valence-corrected chi connectivity index (χ4v) is 0.776. The third-order valence-corrected chi connectivity index (χ3v) is 1.97. The van der Waals surface area contributed by atoms with E-state index < -0.39 is 0 Å². The summed E-state index contributed by atoms with van der Waals surface area (Å²) in [5.41, 5.74) is 0. The van der Waals surface area contributed by atoms with Crippen molar-refractivity contribution in [1.82, 2.24) is 0 Å². The zero-order valence-corrected chi connectivity index (χ0v) is 11.4. The first-order chi connectivity index (χ1) is 7.36. The van der Waals surface area contributed by atoms with Crippen LogP contribution in [0.1, 0.15) is 41.5 Å². The van der Waals surface area contributed by atoms with Gasteiger partial charge in [0, 0.05) is 5.92 Å². The number of hydrogen-bond acceptors (Lipinski definition) is 2. The van der Waals surface area contributed by atoms with Gasteiger partial charge in [-0.05, 0) is 25.8 Å². The second-order valence-electron chi connectivity index (χ2n) is 4.32. The van der Waals surface area contributed by atoms with Gasteiger partial charge in [-0.2, -0.15) is 0 Å². The monoisotopic (exact) mass is 226 g/mol. The van der Waals surface area contributed by atoms with E-state index >= 15 is 0 Å². The van der Waals surface area contributed by atoms with Crippen LogP contribution in [-0.2, 0) is 4.79 Å². The topological polar surface area (TPSA) is 37.3 Å². The minimum Gasteiger partial charge on any atom is -0.389 e. The SMILES string of the molecule is C/C=C/C(=O)C(C)C.C/C=C/[C@@H](O)C(C)C. The molecule has 0 heterocycles. The third kappa shape index (κ3) is 11.2. The molecule has 0 amide bonds. The molecule has 0 radical (unpaired) electrons. The van der Waals surface area contributed by atoms with Gasteiger partial charge in [0.25, 0.3) is 0 Å². The van der Waals surface area contributed by atoms with Crippen molar-refractivity contribution in [3.63, 3.8) is 0 Å². The lowest BCUT2D eigenvalue weighted by Crippen LogP contribution is -2.10. The number of aliphatic hydroxyl groups is 1. The molecule has 0 rings (SSSR count). The normalized spacial score (nSPS) is 13.3. The van der Waals surface area contributed by atoms with Crippen LogP contribution in [0.15, 0.2) is 24.3 Å². The van der Waals surface area contributed by atoms with Crippen LogP contribution in [0.25, 0.3) is 0 Å². The number of ketones is 1. The van der Waals surface area contributed by atoms with E-state index in [-0.39, 0.29) is 17.8 Å². The highest BCUT2D eigenvalue weighted by atomic mass is 16.3. The van der Waals surface area contributed by atoms with Crippen molar-refractivity contribution >= 4 is 5.78 Å². The third-order valence-electron chi connectivity index (χ3n) is 1.97. The van der Waals surface area contributed by atoms with Gasteiger partial charge < -0.3 is 5.11 Å². The number of rotatable bonds is 4. The maximum atomic E-state index is 10.7. The smallest absolute Gasteiger partial charge is 0.157 e. The number of carbonyl (C=O) groups is 1. The standard InChI is InChI=1S/C7H14O.C7H12O/c2*1-4-5-7(8)6(2)3/h4-8H,1-3H3;4-6H,1-3H3/b2*5-4+/t7-;/m1./s1. The molecule has 0 aliphatic carbocycles. The predicted molar refractivity (Wildman–Crippen MR) is 70.3 cm³/mol. The average molecular weight is 226 g/mol. The van der Waals surface area contributed by atoms with Crippen molar-refractivity contribution in [3.05, 3.63) is 24.3 Å². The second kappa shape index (κ2) is 10.6. The first kappa shape index (κ1) is 17.5. The van der Waals surface area contributed by atoms with E-state index in [1.165, 1.54) is 0 Å². The fourth-order valence-electron chi connectivity index (χ4n) is 0.776. The molecule has 2 nitrogen and oxygen atoms in total. The molecule has 0 aliphatic heterocycles. The molecule has 0 saturated carbocycles. The van der Waals surface area contributed by atoms with E-state index in [0.717, 1.165) is 0 Å². The Bertz CT molecular complexity index is 225. The van der Waals surface area contributed by atoms with Gasteiger partial charge in [0.2, 0.25) is 0 Å². The molecule has 0 bridgehead atoms. The van der Waals surface area contributed by atoms with E-state index in [1.807, 2.05) is 47.6 Å². The van der Waals surface area contributed by atoms with Crippen LogP contribution >= 0.6 is 0 Å². The van der Waals surface area contributed by atoms with Crippen LogP contribution in [0.4, 0.5) is 0 Å². The molecule has 16 heavy (non-hydrogen) atoms. The summed E-state index contributed by atoms with van der Waals surface area (Å²) in [6.45, 7) is 11.5. The Morgan fingerprint density at radius 1 is 1.06 bits per heavy atom. The summed E-state index contributed by atoms with van der Waals surface area (Å²) in [6, 6.07) is 0. The maximum absolute atomic E-state index is 10.7. The lowest BCUT2D eigenvalue weighted by molar-refractivity contribution is -0.117. The van der Waals surface area contributed by atoms with Gasteiger partial charge in [-0.3, -0.25) is 4.79 Å². The summed E-state index contributed by atoms with van der Waals surface area (Å²) in [4.78, 5) is 10.7. The van der Waals surface area contributed by atoms with E-state index in [9.17, 15) is 4.79 Å². The van der Waals surface area contributed by atoms with Gasteiger partial charge in [0.05, 0.1) is 6.10 Å². The van der Waals surface area contributed by atoms with Crippen LogP contribution in [-0.4, -0.2) is 17.0 Å². The average Bonchev–Trinajstić information content (AvgIpc) is 2.19. The molecule has 94 valence electrons. The molecule has 0 fully saturated rings. The molecule has 0 aliphatic rings. The Balaban J connectivity index is 0. The summed E-state index contributed by atoms with van der Waals surface area (Å²) < 4.78 is 0. The zero-order chi connectivity index (χ0) is 13.1. The van der Waals surface area contributed by atoms with Crippen LogP contribution < -0.4 is 0 Å². The number of aliphatic hydroxyl groups excluding tert-OH is 1. The molecule has 1 atom stereocenters. The van der Waals surface area contributed by atoms with Crippen molar-refractivity contribution in [1.29, 1.82) is 0 Å². The Labute approximate surface area is 100 Å². The molecule has 0 aromatic rings. The fraction of sp³-hybridized carbons (Fsp3) is 0.643. The highest BCUT2D eigenvalue weighted by Gasteiger charge is 2.01. The van der Waals surface area contributed by atoms with Crippen LogP contribution in [0.2, 0.25) is 0 Å². The Kier molecular flexibility index (Phi) is 11.6. The van der Waals surface area contributed by atoms with Gasteiger partial charge >= 0.3 is 0 Å². The van der Waals surface area contributed by atoms with Gasteiger partial charge in [-0.1, -0.05) is 45.9 Å². The van der Waals surface area contributed by atoms with E-state index in [4.69, 9.17) is 5.11 Å². The van der Waals surface area contributed by atoms with Crippen molar-refractivity contribution in [2.45, 2.75) is 47.6 Å². The molecule has 2 heteroatoms. The van der Waals surface area contributed by atoms with Gasteiger partial charge in [-0.25, -0.2) is 0 Å². The molecule has 1 N–H and O–H groups in total. The van der Waals surface area contributed by atoms with Crippen LogP contribution in [0, 0.1) is 11.8 Å². The van der Waals surface area contributed by atoms with Crippen molar-refractivity contribution in [2.24, 2.45) is 11.8 Å². The molecular formula is C14H26O2. The molecule has 0 saturated heterocycles. The number of hydrogen-bond donors (Lipinski definition) is 1. The predicted octanol–water partition coefficient (Wildman–Crippen LogP) is 3.37. The van der Waals surface area contributed by atoms with E-state index in [0.29, 0.717) is 5.92 Å². The first-order valence-corrected chi connectivity index (χ1v) is 5.84. The highest BCUT2D eigenvalue weighted by molar-refractivity contribution is 5.90. The first-order valence-electron chi connectivity index (χ1n) is 5.84. The molecule has 0 unspecified atom stereocenters. The Morgan fingerprint density at radius 2 is 1.56 bits per heavy atom. The number of allylic oxidation sites excluding steroid dienone is 3. The van der Waals surface area contributed by atoms with Gasteiger partial charge in [-0.15, -0.1) is 0 Å².